The predicted molar refractivity (Wildman–Crippen MR) is 192 cm³/mol. The number of hydrogen-bond donors (Lipinski definition) is 2. The number of aromatic nitrogens is 5. The van der Waals surface area contributed by atoms with Crippen molar-refractivity contribution in [3.8, 4) is 11.9 Å². The molecule has 0 spiro atoms. The first-order valence-electron chi connectivity index (χ1n) is 17.2. The van der Waals surface area contributed by atoms with Crippen LogP contribution in [0.15, 0.2) is 54.6 Å². The van der Waals surface area contributed by atoms with Gasteiger partial charge in [-0.3, -0.25) is 14.8 Å². The summed E-state index contributed by atoms with van der Waals surface area (Å²) in [6.07, 6.45) is 3.06. The van der Waals surface area contributed by atoms with Gasteiger partial charge in [-0.2, -0.15) is 10.4 Å². The van der Waals surface area contributed by atoms with Gasteiger partial charge in [-0.1, -0.05) is 6.07 Å². The van der Waals surface area contributed by atoms with Crippen LogP contribution >= 0.6 is 11.3 Å². The number of rotatable bonds is 10. The highest BCUT2D eigenvalue weighted by atomic mass is 32.1. The SMILES string of the molecule is Cc1n[nH]c2c(C)cc(NC(=O)c3ccc4c(c3)nc(CN3CCC(c5cccc(OCc6cc(F)c(C#N)s6)n5)CC3)n4C[C@@H]3CCO3)cc12. The number of benzene rings is 2. The molecule has 2 saturated heterocycles. The first-order chi connectivity index (χ1) is 24.8. The van der Waals surface area contributed by atoms with Crippen molar-refractivity contribution in [3.05, 3.63) is 98.5 Å². The molecule has 51 heavy (non-hydrogen) atoms. The molecule has 6 aromatic rings. The van der Waals surface area contributed by atoms with Crippen molar-refractivity contribution in [2.75, 3.05) is 25.0 Å². The van der Waals surface area contributed by atoms with E-state index in [1.807, 2.05) is 62.4 Å². The van der Waals surface area contributed by atoms with E-state index in [1.54, 1.807) is 6.07 Å². The van der Waals surface area contributed by atoms with E-state index in [1.165, 1.54) is 6.07 Å². The van der Waals surface area contributed by atoms with Crippen LogP contribution < -0.4 is 10.1 Å². The summed E-state index contributed by atoms with van der Waals surface area (Å²) >= 11 is 1.10. The van der Waals surface area contributed by atoms with Crippen LogP contribution in [0.2, 0.25) is 0 Å². The molecule has 2 fully saturated rings. The Bertz CT molecular complexity index is 2290. The second kappa shape index (κ2) is 13.9. The zero-order valence-electron chi connectivity index (χ0n) is 28.4. The molecule has 2 N–H and O–H groups in total. The monoisotopic (exact) mass is 704 g/mol. The normalized spacial score (nSPS) is 16.7. The minimum absolute atomic E-state index is 0.0621. The van der Waals surface area contributed by atoms with Gasteiger partial charge in [0.2, 0.25) is 5.88 Å². The topological polar surface area (TPSA) is 134 Å². The Hall–Kier alpha value is -5.16. The van der Waals surface area contributed by atoms with Crippen molar-refractivity contribution < 1.29 is 18.7 Å². The zero-order chi connectivity index (χ0) is 35.1. The third kappa shape index (κ3) is 6.82. The highest BCUT2D eigenvalue weighted by Gasteiger charge is 2.26. The Balaban J connectivity index is 0.943. The maximum atomic E-state index is 13.8. The van der Waals surface area contributed by atoms with E-state index >= 15 is 0 Å². The number of halogens is 1. The number of fused-ring (bicyclic) bond motifs is 2. The molecular weight excluding hydrogens is 668 g/mol. The molecule has 2 aliphatic heterocycles. The van der Waals surface area contributed by atoms with Crippen LogP contribution in [-0.2, 0) is 24.4 Å². The highest BCUT2D eigenvalue weighted by Crippen LogP contribution is 2.31. The molecule has 1 atom stereocenters. The van der Waals surface area contributed by atoms with Crippen LogP contribution in [-0.4, -0.2) is 61.3 Å². The molecule has 2 aromatic carbocycles. The molecule has 6 heterocycles. The standard InChI is InChI=1S/C38H37FN8O3S/c1-22-14-26(16-29-23(2)44-45-37(22)29)41-38(48)25-6-7-33-32(15-25)42-35(47(33)19-27-10-13-49-27)20-46-11-8-24(9-12-46)31-4-3-5-36(43-31)50-21-28-17-30(39)34(18-40)51-28/h3-7,14-17,24,27H,8-13,19-21H2,1-2H3,(H,41,48)(H,44,45)/t27-/m0/s1. The number of nitrogens with zero attached hydrogens (tertiary/aromatic N) is 6. The van der Waals surface area contributed by atoms with Crippen LogP contribution in [0.1, 0.15) is 68.1 Å². The van der Waals surface area contributed by atoms with E-state index < -0.39 is 5.82 Å². The van der Waals surface area contributed by atoms with Gasteiger partial charge in [-0.05, 0) is 94.2 Å². The number of ether oxygens (including phenoxy) is 2. The number of likely N-dealkylation sites (tertiary alicyclic amines) is 1. The largest absolute Gasteiger partial charge is 0.472 e. The third-order valence-corrected chi connectivity index (χ3v) is 10.9. The molecule has 1 amide bonds. The Kier molecular flexibility index (Phi) is 8.97. The lowest BCUT2D eigenvalue weighted by molar-refractivity contribution is -0.0592. The molecule has 0 bridgehead atoms. The fourth-order valence-corrected chi connectivity index (χ4v) is 7.75. The highest BCUT2D eigenvalue weighted by molar-refractivity contribution is 7.12. The van der Waals surface area contributed by atoms with Crippen molar-refractivity contribution in [3.63, 3.8) is 0 Å². The first kappa shape index (κ1) is 33.0. The lowest BCUT2D eigenvalue weighted by Crippen LogP contribution is -2.35. The molecule has 4 aromatic heterocycles. The number of H-pyrrole nitrogens is 1. The lowest BCUT2D eigenvalue weighted by atomic mass is 9.93. The number of thiophene rings is 1. The summed E-state index contributed by atoms with van der Waals surface area (Å²) in [5.41, 5.74) is 6.93. The number of hydrogen-bond acceptors (Lipinski definition) is 9. The van der Waals surface area contributed by atoms with E-state index in [2.05, 4.69) is 25.0 Å². The lowest BCUT2D eigenvalue weighted by Gasteiger charge is -2.32. The Morgan fingerprint density at radius 1 is 1.14 bits per heavy atom. The summed E-state index contributed by atoms with van der Waals surface area (Å²) < 4.78 is 27.7. The summed E-state index contributed by atoms with van der Waals surface area (Å²) in [6, 6.07) is 18.7. The van der Waals surface area contributed by atoms with E-state index in [-0.39, 0.29) is 23.5 Å². The van der Waals surface area contributed by atoms with Gasteiger partial charge in [0.05, 0.1) is 41.4 Å². The van der Waals surface area contributed by atoms with Crippen molar-refractivity contribution in [2.45, 2.75) is 64.8 Å². The predicted octanol–water partition coefficient (Wildman–Crippen LogP) is 7.00. The number of aryl methyl sites for hydroxylation is 2. The molecular formula is C38H37FN8O3S. The fraction of sp³-hybridized carbons (Fsp3) is 0.342. The number of pyridine rings is 1. The molecule has 0 radical (unpaired) electrons. The Morgan fingerprint density at radius 2 is 1.98 bits per heavy atom. The second-order valence-electron chi connectivity index (χ2n) is 13.3. The van der Waals surface area contributed by atoms with Gasteiger partial charge in [0.25, 0.3) is 5.91 Å². The quantitative estimate of drug-likeness (QED) is 0.156. The molecule has 8 rings (SSSR count). The molecule has 0 unspecified atom stereocenters. The van der Waals surface area contributed by atoms with Gasteiger partial charge in [0, 0.05) is 45.8 Å². The summed E-state index contributed by atoms with van der Waals surface area (Å²) in [7, 11) is 0. The number of carbonyl (C=O) groups excluding carboxylic acids is 1. The van der Waals surface area contributed by atoms with Crippen LogP contribution in [0.4, 0.5) is 10.1 Å². The second-order valence-corrected chi connectivity index (χ2v) is 14.5. The zero-order valence-corrected chi connectivity index (χ0v) is 29.2. The van der Waals surface area contributed by atoms with Gasteiger partial charge >= 0.3 is 0 Å². The Labute approximate surface area is 298 Å². The molecule has 260 valence electrons. The first-order valence-corrected chi connectivity index (χ1v) is 18.0. The van der Waals surface area contributed by atoms with Gasteiger partial charge in [-0.15, -0.1) is 11.3 Å². The van der Waals surface area contributed by atoms with Crippen molar-refractivity contribution in [1.82, 2.24) is 29.6 Å². The fourth-order valence-electron chi connectivity index (χ4n) is 7.01. The molecule has 0 aliphatic carbocycles. The average molecular weight is 705 g/mol. The summed E-state index contributed by atoms with van der Waals surface area (Å²) in [4.78, 5) is 26.4. The molecule has 0 saturated carbocycles. The van der Waals surface area contributed by atoms with Crippen LogP contribution in [0, 0.1) is 31.0 Å². The van der Waals surface area contributed by atoms with Gasteiger partial charge in [0.15, 0.2) is 5.82 Å². The molecule has 2 aliphatic rings. The number of amides is 1. The maximum Gasteiger partial charge on any atom is 0.255 e. The van der Waals surface area contributed by atoms with Crippen molar-refractivity contribution in [1.29, 1.82) is 5.26 Å². The van der Waals surface area contributed by atoms with Crippen LogP contribution in [0.3, 0.4) is 0 Å². The summed E-state index contributed by atoms with van der Waals surface area (Å²) in [6.45, 7) is 8.09. The Morgan fingerprint density at radius 3 is 2.75 bits per heavy atom. The number of imidazole rings is 1. The van der Waals surface area contributed by atoms with E-state index in [0.717, 1.165) is 107 Å². The number of piperidine rings is 1. The van der Waals surface area contributed by atoms with Crippen molar-refractivity contribution in [2.24, 2.45) is 0 Å². The molecule has 13 heteroatoms. The number of nitrogens with one attached hydrogen (secondary N) is 2. The van der Waals surface area contributed by atoms with E-state index in [4.69, 9.17) is 24.7 Å². The van der Waals surface area contributed by atoms with Crippen LogP contribution in [0.25, 0.3) is 21.9 Å². The number of carbonyl (C=O) groups is 1. The number of aromatic amines is 1. The maximum absolute atomic E-state index is 13.8. The van der Waals surface area contributed by atoms with Gasteiger partial charge in [0.1, 0.15) is 23.4 Å². The number of anilines is 1. The smallest absolute Gasteiger partial charge is 0.255 e. The van der Waals surface area contributed by atoms with E-state index in [0.29, 0.717) is 28.8 Å². The minimum Gasteiger partial charge on any atom is -0.472 e. The summed E-state index contributed by atoms with van der Waals surface area (Å²) in [5, 5.41) is 20.5. The average Bonchev–Trinajstić information content (AvgIpc) is 3.79. The van der Waals surface area contributed by atoms with Crippen LogP contribution in [0.5, 0.6) is 5.88 Å². The minimum atomic E-state index is -0.514. The van der Waals surface area contributed by atoms with Crippen molar-refractivity contribution >= 4 is 44.9 Å². The third-order valence-electron chi connectivity index (χ3n) is 9.91. The van der Waals surface area contributed by atoms with Gasteiger partial charge in [-0.25, -0.2) is 14.4 Å². The summed E-state index contributed by atoms with van der Waals surface area (Å²) in [5.74, 6) is 1.05. The molecule has 11 nitrogen and oxygen atoms in total. The van der Waals surface area contributed by atoms with Gasteiger partial charge < -0.3 is 19.4 Å². The number of nitriles is 1. The van der Waals surface area contributed by atoms with E-state index in [9.17, 15) is 9.18 Å².